The third-order valence-corrected chi connectivity index (χ3v) is 15.1. The highest BCUT2D eigenvalue weighted by Gasteiger charge is 2.26. The predicted molar refractivity (Wildman–Crippen MR) is 286 cm³/mol. The number of pyridine rings is 4. The third kappa shape index (κ3) is 9.76. The summed E-state index contributed by atoms with van der Waals surface area (Å²) in [6, 6.07) is 23.0. The van der Waals surface area contributed by atoms with Gasteiger partial charge in [-0.2, -0.15) is 0 Å². The number of hydrogen-bond acceptors (Lipinski definition) is 16. The van der Waals surface area contributed by atoms with Crippen LogP contribution in [0.25, 0.3) is 52.2 Å². The van der Waals surface area contributed by atoms with Crippen LogP contribution < -0.4 is 31.7 Å². The number of esters is 1. The van der Waals surface area contributed by atoms with Crippen molar-refractivity contribution in [3.05, 3.63) is 141 Å². The second-order valence-electron chi connectivity index (χ2n) is 17.2. The SMILES string of the molecule is CCOC(=O)c1c(=O)c2ccc(N3CCOCC3)nc2n2c1sc1ccccc12.Cc1nccn1CCN.Cc1nccn1CCNC(=O)c1c(=O)c2ccc(N3CCOCC3)nc2n2c1sc1ccccc12. The number of thiazole rings is 2. The van der Waals surface area contributed by atoms with Gasteiger partial charge in [-0.3, -0.25) is 23.2 Å². The van der Waals surface area contributed by atoms with Crippen molar-refractivity contribution in [3.8, 4) is 0 Å². The zero-order valence-electron chi connectivity index (χ0n) is 40.7. The number of imidazole rings is 2. The lowest BCUT2D eigenvalue weighted by Crippen LogP contribution is -2.37. The molecule has 3 N–H and O–H groups in total. The molecule has 2 aliphatic rings. The summed E-state index contributed by atoms with van der Waals surface area (Å²) >= 11 is 2.84. The van der Waals surface area contributed by atoms with Crippen molar-refractivity contribution >= 4 is 98.3 Å². The van der Waals surface area contributed by atoms with E-state index in [0.717, 1.165) is 76.4 Å². The number of morpholine rings is 2. The first-order valence-electron chi connectivity index (χ1n) is 24.2. The Hall–Kier alpha value is -7.56. The molecule has 12 rings (SSSR count). The molecule has 19 nitrogen and oxygen atoms in total. The zero-order valence-corrected chi connectivity index (χ0v) is 42.3. The van der Waals surface area contributed by atoms with Crippen LogP contribution in [0.2, 0.25) is 0 Å². The molecule has 0 atom stereocenters. The van der Waals surface area contributed by atoms with Crippen molar-refractivity contribution in [2.45, 2.75) is 33.9 Å². The Bertz CT molecular complexity index is 3770. The quantitative estimate of drug-likeness (QED) is 0.149. The van der Waals surface area contributed by atoms with Gasteiger partial charge in [0.2, 0.25) is 10.9 Å². The molecular weight excluding hydrogens is 969 g/mol. The van der Waals surface area contributed by atoms with Crippen LogP contribution in [-0.4, -0.2) is 122 Å². The van der Waals surface area contributed by atoms with Gasteiger partial charge in [-0.15, -0.1) is 22.7 Å². The topological polar surface area (TPSA) is 211 Å². The molecule has 8 aromatic heterocycles. The van der Waals surface area contributed by atoms with E-state index in [1.807, 2.05) is 105 Å². The van der Waals surface area contributed by atoms with Gasteiger partial charge in [-0.05, 0) is 69.3 Å². The van der Waals surface area contributed by atoms with Crippen molar-refractivity contribution in [3.63, 3.8) is 0 Å². The zero-order chi connectivity index (χ0) is 50.6. The van der Waals surface area contributed by atoms with Gasteiger partial charge in [0, 0.05) is 77.1 Å². The molecule has 376 valence electrons. The van der Waals surface area contributed by atoms with Gasteiger partial charge >= 0.3 is 5.97 Å². The number of para-hydroxylation sites is 2. The highest BCUT2D eigenvalue weighted by Crippen LogP contribution is 2.33. The Kier molecular flexibility index (Phi) is 14.5. The Labute approximate surface area is 426 Å². The van der Waals surface area contributed by atoms with E-state index in [1.54, 1.807) is 31.5 Å². The minimum Gasteiger partial charge on any atom is -0.462 e. The van der Waals surface area contributed by atoms with Crippen molar-refractivity contribution < 1.29 is 23.8 Å². The van der Waals surface area contributed by atoms with E-state index in [1.165, 1.54) is 22.7 Å². The maximum Gasteiger partial charge on any atom is 0.345 e. The van der Waals surface area contributed by atoms with E-state index in [-0.39, 0.29) is 34.5 Å². The number of ether oxygens (including phenoxy) is 3. The summed E-state index contributed by atoms with van der Waals surface area (Å²) in [6.45, 7) is 13.9. The van der Waals surface area contributed by atoms with Crippen LogP contribution >= 0.6 is 22.7 Å². The van der Waals surface area contributed by atoms with Gasteiger partial charge in [-0.1, -0.05) is 24.3 Å². The molecule has 10 aromatic rings. The number of carbonyl (C=O) groups excluding carboxylic acids is 2. The first-order valence-corrected chi connectivity index (χ1v) is 25.8. The molecule has 2 fully saturated rings. The first-order chi connectivity index (χ1) is 35.6. The fraction of sp³-hybridized carbons (Fsp3) is 0.308. The van der Waals surface area contributed by atoms with Gasteiger partial charge < -0.3 is 44.2 Å². The van der Waals surface area contributed by atoms with Crippen molar-refractivity contribution in [1.82, 2.24) is 43.2 Å². The number of anilines is 2. The normalized spacial score (nSPS) is 13.9. The van der Waals surface area contributed by atoms with Gasteiger partial charge in [0.25, 0.3) is 5.91 Å². The number of aryl methyl sites for hydroxylation is 2. The molecule has 2 saturated heterocycles. The van der Waals surface area contributed by atoms with Crippen molar-refractivity contribution in [2.75, 3.05) is 82.1 Å². The summed E-state index contributed by atoms with van der Waals surface area (Å²) in [7, 11) is 0. The van der Waals surface area contributed by atoms with Crippen LogP contribution in [0, 0.1) is 13.8 Å². The number of benzene rings is 2. The molecule has 73 heavy (non-hydrogen) atoms. The Morgan fingerprint density at radius 2 is 1.15 bits per heavy atom. The lowest BCUT2D eigenvalue weighted by Gasteiger charge is -2.27. The molecule has 0 bridgehead atoms. The van der Waals surface area contributed by atoms with Crippen molar-refractivity contribution in [1.29, 1.82) is 0 Å². The molecule has 0 saturated carbocycles. The molecule has 2 aliphatic heterocycles. The number of nitrogens with two attached hydrogens (primary N) is 1. The maximum atomic E-state index is 13.6. The van der Waals surface area contributed by atoms with Crippen molar-refractivity contribution in [2.24, 2.45) is 5.73 Å². The van der Waals surface area contributed by atoms with E-state index >= 15 is 0 Å². The Morgan fingerprint density at radius 1 is 0.671 bits per heavy atom. The minimum absolute atomic E-state index is 0.0708. The van der Waals surface area contributed by atoms with Crippen LogP contribution in [0.3, 0.4) is 0 Å². The molecule has 2 aromatic carbocycles. The second kappa shape index (κ2) is 21.7. The lowest BCUT2D eigenvalue weighted by molar-refractivity contribution is 0.0527. The number of rotatable bonds is 10. The van der Waals surface area contributed by atoms with Gasteiger partial charge in [0.1, 0.15) is 44.1 Å². The molecule has 21 heteroatoms. The molecule has 10 heterocycles. The second-order valence-corrected chi connectivity index (χ2v) is 19.3. The van der Waals surface area contributed by atoms with Gasteiger partial charge in [0.15, 0.2) is 11.3 Å². The molecule has 0 radical (unpaired) electrons. The fourth-order valence-electron chi connectivity index (χ4n) is 9.07. The predicted octanol–water partition coefficient (Wildman–Crippen LogP) is 6.06. The van der Waals surface area contributed by atoms with Crippen LogP contribution in [-0.2, 0) is 27.3 Å². The summed E-state index contributed by atoms with van der Waals surface area (Å²) in [6.07, 6.45) is 7.31. The minimum atomic E-state index is -0.597. The van der Waals surface area contributed by atoms with Gasteiger partial charge in [-0.25, -0.2) is 24.7 Å². The Morgan fingerprint density at radius 3 is 1.63 bits per heavy atom. The van der Waals surface area contributed by atoms with Crippen LogP contribution in [0.1, 0.15) is 39.3 Å². The maximum absolute atomic E-state index is 13.6. The average molecular weight is 1020 g/mol. The number of aromatic nitrogens is 8. The molecule has 0 unspecified atom stereocenters. The average Bonchev–Trinajstić information content (AvgIpc) is 4.22. The number of amides is 1. The standard InChI is InChI=1S/C25H24N6O3S.C21H19N3O4S.C6H11N3/c1-16-26-8-10-29(16)11-9-27-24(33)21-22(32)17-6-7-20(30-12-14-34-15-13-30)28-23(17)31-18-4-2-3-5-19(18)35-25(21)31;1-2-28-21(26)17-18(25)13-7-8-16(23-9-11-27-12-10-23)22-19(13)24-14-5-3-4-6-15(14)29-20(17)24;1-6-8-3-5-9(6)4-2-7/h2-8,10H,9,11-15H2,1H3,(H,27,33);3-8H,2,9-12H2,1H3;3,5H,2,4,7H2,1H3. The highest BCUT2D eigenvalue weighted by atomic mass is 32.1. The third-order valence-electron chi connectivity index (χ3n) is 12.8. The number of hydrogen-bond donors (Lipinski definition) is 2. The molecular formula is C52H54N12O7S2. The van der Waals surface area contributed by atoms with E-state index in [4.69, 9.17) is 29.9 Å². The highest BCUT2D eigenvalue weighted by molar-refractivity contribution is 7.24. The number of nitrogens with one attached hydrogen (secondary N) is 1. The lowest BCUT2D eigenvalue weighted by atomic mass is 10.1. The molecule has 0 spiro atoms. The molecule has 1 amide bonds. The number of carbonyl (C=O) groups is 2. The van der Waals surface area contributed by atoms with Crippen LogP contribution in [0.4, 0.5) is 11.6 Å². The largest absolute Gasteiger partial charge is 0.462 e. The summed E-state index contributed by atoms with van der Waals surface area (Å²) in [5.41, 5.74) is 7.88. The number of nitrogens with zero attached hydrogens (tertiary/aromatic N) is 10. The molecule has 0 aliphatic carbocycles. The summed E-state index contributed by atoms with van der Waals surface area (Å²) in [5.74, 6) is 2.53. The first kappa shape index (κ1) is 49.0. The summed E-state index contributed by atoms with van der Waals surface area (Å²) in [5, 5.41) is 3.77. The summed E-state index contributed by atoms with van der Waals surface area (Å²) in [4.78, 5) is 76.3. The summed E-state index contributed by atoms with van der Waals surface area (Å²) < 4.78 is 25.9. The van der Waals surface area contributed by atoms with Crippen LogP contribution in [0.5, 0.6) is 0 Å². The van der Waals surface area contributed by atoms with E-state index in [2.05, 4.69) is 25.1 Å². The smallest absolute Gasteiger partial charge is 0.345 e. The Balaban J connectivity index is 0.000000145. The number of fused-ring (bicyclic) bond motifs is 10. The monoisotopic (exact) mass is 1020 g/mol. The fourth-order valence-corrected chi connectivity index (χ4v) is 11.4. The van der Waals surface area contributed by atoms with Crippen LogP contribution in [0.15, 0.2) is 107 Å². The van der Waals surface area contributed by atoms with E-state index in [9.17, 15) is 19.2 Å². The van der Waals surface area contributed by atoms with E-state index in [0.29, 0.717) is 77.8 Å². The van der Waals surface area contributed by atoms with E-state index < -0.39 is 5.97 Å². The van der Waals surface area contributed by atoms with Gasteiger partial charge in [0.05, 0.1) is 64.2 Å².